The van der Waals surface area contributed by atoms with Crippen molar-refractivity contribution in [2.24, 2.45) is 0 Å². The quantitative estimate of drug-likeness (QED) is 0.777. The lowest BCUT2D eigenvalue weighted by atomic mass is 9.91. The summed E-state index contributed by atoms with van der Waals surface area (Å²) in [4.78, 5) is 15.1. The first-order valence-electron chi connectivity index (χ1n) is 8.59. The fourth-order valence-electron chi connectivity index (χ4n) is 3.61. The summed E-state index contributed by atoms with van der Waals surface area (Å²) in [7, 11) is 1.65. The molecule has 5 heteroatoms. The topological polar surface area (TPSA) is 58.2 Å². The Kier molecular flexibility index (Phi) is 3.80. The molecule has 0 saturated heterocycles. The van der Waals surface area contributed by atoms with Gasteiger partial charge in [-0.15, -0.1) is 0 Å². The van der Waals surface area contributed by atoms with E-state index in [1.54, 1.807) is 13.3 Å². The summed E-state index contributed by atoms with van der Waals surface area (Å²) < 4.78 is 5.30. The van der Waals surface area contributed by atoms with Gasteiger partial charge in [-0.2, -0.15) is 5.10 Å². The van der Waals surface area contributed by atoms with Crippen molar-refractivity contribution in [3.8, 4) is 16.9 Å². The predicted octanol–water partition coefficient (Wildman–Crippen LogP) is 3.98. The van der Waals surface area contributed by atoms with E-state index < -0.39 is 0 Å². The number of fused-ring (bicyclic) bond motifs is 1. The number of nitrogens with one attached hydrogen (secondary N) is 1. The molecule has 0 unspecified atom stereocenters. The van der Waals surface area contributed by atoms with Crippen LogP contribution in [-0.4, -0.2) is 28.1 Å². The molecule has 0 saturated carbocycles. The third-order valence-corrected chi connectivity index (χ3v) is 5.14. The highest BCUT2D eigenvalue weighted by Crippen LogP contribution is 2.41. The smallest absolute Gasteiger partial charge is 0.255 e. The lowest BCUT2D eigenvalue weighted by Gasteiger charge is -2.32. The molecule has 1 aliphatic heterocycles. The van der Waals surface area contributed by atoms with Crippen LogP contribution in [0.1, 0.15) is 35.3 Å². The molecule has 0 atom stereocenters. The molecule has 0 fully saturated rings. The monoisotopic (exact) mass is 347 g/mol. The van der Waals surface area contributed by atoms with Crippen LogP contribution in [0.2, 0.25) is 0 Å². The zero-order valence-corrected chi connectivity index (χ0v) is 15.1. The first-order valence-corrected chi connectivity index (χ1v) is 8.59. The molecular formula is C21H21N3O2. The van der Waals surface area contributed by atoms with E-state index in [-0.39, 0.29) is 11.4 Å². The summed E-state index contributed by atoms with van der Waals surface area (Å²) in [5.74, 6) is 0.852. The molecule has 0 aliphatic carbocycles. The Morgan fingerprint density at radius 2 is 2.00 bits per heavy atom. The van der Waals surface area contributed by atoms with Gasteiger partial charge in [-0.25, -0.2) is 0 Å². The number of H-pyrrole nitrogens is 1. The highest BCUT2D eigenvalue weighted by atomic mass is 16.5. The van der Waals surface area contributed by atoms with Gasteiger partial charge in [-0.05, 0) is 48.7 Å². The largest absolute Gasteiger partial charge is 0.497 e. The van der Waals surface area contributed by atoms with Crippen LogP contribution in [0.4, 0.5) is 0 Å². The average Bonchev–Trinajstić information content (AvgIpc) is 3.25. The van der Waals surface area contributed by atoms with Gasteiger partial charge in [0.2, 0.25) is 0 Å². The molecule has 0 spiro atoms. The fraction of sp³-hybridized carbons (Fsp3) is 0.238. The van der Waals surface area contributed by atoms with E-state index in [4.69, 9.17) is 4.74 Å². The Hall–Kier alpha value is -3.08. The molecule has 2 aromatic carbocycles. The summed E-state index contributed by atoms with van der Waals surface area (Å²) in [5.41, 5.74) is 4.46. The minimum absolute atomic E-state index is 0.0539. The summed E-state index contributed by atoms with van der Waals surface area (Å²) in [5, 5.41) is 6.81. The van der Waals surface area contributed by atoms with Crippen molar-refractivity contribution in [2.75, 3.05) is 7.11 Å². The predicted molar refractivity (Wildman–Crippen MR) is 99.9 cm³/mol. The van der Waals surface area contributed by atoms with Gasteiger partial charge in [-0.3, -0.25) is 9.89 Å². The van der Waals surface area contributed by atoms with E-state index >= 15 is 0 Å². The zero-order valence-electron chi connectivity index (χ0n) is 15.1. The van der Waals surface area contributed by atoms with Crippen LogP contribution in [0.25, 0.3) is 11.1 Å². The first kappa shape index (κ1) is 16.4. The Labute approximate surface area is 152 Å². The third-order valence-electron chi connectivity index (χ3n) is 5.14. The SMILES string of the molecule is COc1cccc(CN2C(=O)c3cc(-c4cn[nH]c4)ccc3C2(C)C)c1. The molecular weight excluding hydrogens is 326 g/mol. The van der Waals surface area contributed by atoms with Crippen molar-refractivity contribution in [3.05, 3.63) is 71.5 Å². The lowest BCUT2D eigenvalue weighted by molar-refractivity contribution is 0.0595. The van der Waals surface area contributed by atoms with Crippen molar-refractivity contribution in [1.82, 2.24) is 15.1 Å². The highest BCUT2D eigenvalue weighted by molar-refractivity contribution is 6.01. The molecule has 5 nitrogen and oxygen atoms in total. The molecule has 1 amide bonds. The maximum absolute atomic E-state index is 13.2. The van der Waals surface area contributed by atoms with E-state index in [0.717, 1.165) is 33.6 Å². The van der Waals surface area contributed by atoms with Gasteiger partial charge in [-0.1, -0.05) is 24.3 Å². The standard InChI is InChI=1S/C21H21N3O2/c1-21(2)19-8-7-15(16-11-22-23-12-16)10-18(19)20(25)24(21)13-14-5-4-6-17(9-14)26-3/h4-12H,13H2,1-3H3,(H,22,23). The summed E-state index contributed by atoms with van der Waals surface area (Å²) >= 11 is 0. The molecule has 3 aromatic rings. The van der Waals surface area contributed by atoms with Crippen LogP contribution in [0.15, 0.2) is 54.9 Å². The van der Waals surface area contributed by atoms with Gasteiger partial charge < -0.3 is 9.64 Å². The number of carbonyl (C=O) groups excluding carboxylic acids is 1. The molecule has 1 N–H and O–H groups in total. The lowest BCUT2D eigenvalue weighted by Crippen LogP contribution is -2.38. The second-order valence-electron chi connectivity index (χ2n) is 7.05. The minimum Gasteiger partial charge on any atom is -0.497 e. The van der Waals surface area contributed by atoms with Crippen molar-refractivity contribution in [3.63, 3.8) is 0 Å². The molecule has 1 aromatic heterocycles. The Morgan fingerprint density at radius 3 is 2.73 bits per heavy atom. The molecule has 0 radical (unpaired) electrons. The second-order valence-corrected chi connectivity index (χ2v) is 7.05. The summed E-state index contributed by atoms with van der Waals surface area (Å²) in [6.45, 7) is 4.72. The number of carbonyl (C=O) groups is 1. The Bertz CT molecular complexity index is 961. The molecule has 2 heterocycles. The number of ether oxygens (including phenoxy) is 1. The van der Waals surface area contributed by atoms with E-state index in [2.05, 4.69) is 30.1 Å². The Balaban J connectivity index is 1.70. The van der Waals surface area contributed by atoms with Crippen LogP contribution < -0.4 is 4.74 Å². The number of aromatic amines is 1. The van der Waals surface area contributed by atoms with Gasteiger partial charge in [0.05, 0.1) is 18.8 Å². The molecule has 4 rings (SSSR count). The van der Waals surface area contributed by atoms with E-state index in [1.807, 2.05) is 47.5 Å². The molecule has 1 aliphatic rings. The highest BCUT2D eigenvalue weighted by Gasteiger charge is 2.42. The fourth-order valence-corrected chi connectivity index (χ4v) is 3.61. The number of rotatable bonds is 4. The number of amides is 1. The zero-order chi connectivity index (χ0) is 18.3. The summed E-state index contributed by atoms with van der Waals surface area (Å²) in [6.07, 6.45) is 3.60. The average molecular weight is 347 g/mol. The normalized spacial score (nSPS) is 15.2. The maximum Gasteiger partial charge on any atom is 0.255 e. The Morgan fingerprint density at radius 1 is 1.15 bits per heavy atom. The van der Waals surface area contributed by atoms with Gasteiger partial charge in [0.15, 0.2) is 0 Å². The third kappa shape index (κ3) is 2.56. The summed E-state index contributed by atoms with van der Waals surface area (Å²) in [6, 6.07) is 13.9. The van der Waals surface area contributed by atoms with E-state index in [9.17, 15) is 4.79 Å². The number of hydrogen-bond acceptors (Lipinski definition) is 3. The molecule has 0 bridgehead atoms. The van der Waals surface area contributed by atoms with Gasteiger partial charge in [0.1, 0.15) is 5.75 Å². The van der Waals surface area contributed by atoms with Gasteiger partial charge in [0.25, 0.3) is 5.91 Å². The van der Waals surface area contributed by atoms with Crippen LogP contribution in [-0.2, 0) is 12.1 Å². The van der Waals surface area contributed by atoms with Crippen LogP contribution in [0, 0.1) is 0 Å². The number of aromatic nitrogens is 2. The van der Waals surface area contributed by atoms with Gasteiger partial charge in [0, 0.05) is 23.9 Å². The minimum atomic E-state index is -0.371. The van der Waals surface area contributed by atoms with E-state index in [1.165, 1.54) is 0 Å². The number of methoxy groups -OCH3 is 1. The van der Waals surface area contributed by atoms with Gasteiger partial charge >= 0.3 is 0 Å². The number of hydrogen-bond donors (Lipinski definition) is 1. The number of nitrogens with zero attached hydrogens (tertiary/aromatic N) is 2. The maximum atomic E-state index is 13.2. The van der Waals surface area contributed by atoms with Crippen LogP contribution >= 0.6 is 0 Å². The molecule has 132 valence electrons. The van der Waals surface area contributed by atoms with Crippen molar-refractivity contribution >= 4 is 5.91 Å². The van der Waals surface area contributed by atoms with Crippen LogP contribution in [0.5, 0.6) is 5.75 Å². The molecule has 26 heavy (non-hydrogen) atoms. The van der Waals surface area contributed by atoms with Crippen molar-refractivity contribution in [2.45, 2.75) is 25.9 Å². The first-order chi connectivity index (χ1) is 12.5. The van der Waals surface area contributed by atoms with Crippen LogP contribution in [0.3, 0.4) is 0 Å². The second kappa shape index (κ2) is 6.02. The van der Waals surface area contributed by atoms with E-state index in [0.29, 0.717) is 6.54 Å². The van der Waals surface area contributed by atoms with Crippen molar-refractivity contribution in [1.29, 1.82) is 0 Å². The number of benzene rings is 2. The van der Waals surface area contributed by atoms with Crippen molar-refractivity contribution < 1.29 is 9.53 Å².